The van der Waals surface area contributed by atoms with Gasteiger partial charge in [0.05, 0.1) is 6.61 Å². The van der Waals surface area contributed by atoms with Crippen molar-refractivity contribution in [1.82, 2.24) is 0 Å². The summed E-state index contributed by atoms with van der Waals surface area (Å²) in [7, 11) is -4.75. The summed E-state index contributed by atoms with van der Waals surface area (Å²) in [5.41, 5.74) is 0. The smallest absolute Gasteiger partial charge is 0.462 e. The summed E-state index contributed by atoms with van der Waals surface area (Å²) in [5, 5.41) is 0. The fourth-order valence-electron chi connectivity index (χ4n) is 6.13. The van der Waals surface area contributed by atoms with Crippen LogP contribution in [0.1, 0.15) is 219 Å². The Kier molecular flexibility index (Phi) is 36.6. The molecule has 0 radical (unpaired) electrons. The Morgan fingerprint density at radius 2 is 0.840 bits per heavy atom. The number of hydrogen-bond acceptors (Lipinski definition) is 6. The number of ether oxygens (including phenoxy) is 2. The van der Waals surface area contributed by atoms with E-state index >= 15 is 0 Å². The van der Waals surface area contributed by atoms with E-state index in [1.54, 1.807) is 0 Å². The van der Waals surface area contributed by atoms with Gasteiger partial charge in [0, 0.05) is 12.8 Å². The van der Waals surface area contributed by atoms with Crippen LogP contribution in [-0.2, 0) is 28.2 Å². The Morgan fingerprint density at radius 3 is 1.22 bits per heavy atom. The molecule has 1 atom stereocenters. The van der Waals surface area contributed by atoms with Gasteiger partial charge in [0.2, 0.25) is 0 Å². The van der Waals surface area contributed by atoms with Gasteiger partial charge in [0.15, 0.2) is 6.10 Å². The molecule has 0 aliphatic heterocycles. The van der Waals surface area contributed by atoms with Gasteiger partial charge in [0.1, 0.15) is 6.61 Å². The van der Waals surface area contributed by atoms with Crippen LogP contribution < -0.4 is 0 Å². The SMILES string of the molecule is CCCCCCCCC/C=C\CCCCCCCC(=O)OC[C@H](COP(=O)(O)O)OC(=O)CCCCCCCCCCCCCCCCCC. The van der Waals surface area contributed by atoms with Crippen molar-refractivity contribution >= 4 is 19.8 Å². The molecule has 9 heteroatoms. The lowest BCUT2D eigenvalue weighted by Crippen LogP contribution is -2.29. The Labute approximate surface area is 307 Å². The zero-order valence-corrected chi connectivity index (χ0v) is 33.5. The summed E-state index contributed by atoms with van der Waals surface area (Å²) in [4.78, 5) is 42.8. The predicted molar refractivity (Wildman–Crippen MR) is 207 cm³/mol. The first-order chi connectivity index (χ1) is 24.3. The number of carbonyl (C=O) groups excluding carboxylic acids is 2. The Morgan fingerprint density at radius 1 is 0.500 bits per heavy atom. The van der Waals surface area contributed by atoms with E-state index in [4.69, 9.17) is 19.3 Å². The highest BCUT2D eigenvalue weighted by Crippen LogP contribution is 2.36. The van der Waals surface area contributed by atoms with Crippen molar-refractivity contribution in [1.29, 1.82) is 0 Å². The molecule has 0 aromatic heterocycles. The second-order valence-electron chi connectivity index (χ2n) is 14.3. The van der Waals surface area contributed by atoms with Gasteiger partial charge in [-0.3, -0.25) is 14.1 Å². The van der Waals surface area contributed by atoms with E-state index in [1.807, 2.05) is 0 Å². The van der Waals surface area contributed by atoms with Crippen LogP contribution >= 0.6 is 7.82 Å². The molecule has 0 spiro atoms. The minimum Gasteiger partial charge on any atom is -0.462 e. The van der Waals surface area contributed by atoms with Crippen LogP contribution in [-0.4, -0.2) is 41.0 Å². The third-order valence-corrected chi connectivity index (χ3v) is 9.77. The molecule has 0 aromatic carbocycles. The van der Waals surface area contributed by atoms with E-state index in [-0.39, 0.29) is 19.4 Å². The Hall–Kier alpha value is -1.21. The number of hydrogen-bond donors (Lipinski definition) is 2. The number of esters is 2. The van der Waals surface area contributed by atoms with Gasteiger partial charge in [-0.15, -0.1) is 0 Å². The number of phosphoric acid groups is 1. The number of carbonyl (C=O) groups is 2. The van der Waals surface area contributed by atoms with Gasteiger partial charge in [-0.2, -0.15) is 0 Å². The molecule has 0 aromatic rings. The molecule has 0 amide bonds. The third-order valence-electron chi connectivity index (χ3n) is 9.28. The monoisotopic (exact) mass is 731 g/mol. The Balaban J connectivity index is 3.90. The summed E-state index contributed by atoms with van der Waals surface area (Å²) in [6, 6.07) is 0. The van der Waals surface area contributed by atoms with Crippen molar-refractivity contribution in [2.24, 2.45) is 0 Å². The highest BCUT2D eigenvalue weighted by Gasteiger charge is 2.22. The molecule has 0 unspecified atom stereocenters. The molecule has 2 N–H and O–H groups in total. The van der Waals surface area contributed by atoms with Gasteiger partial charge in [-0.1, -0.05) is 180 Å². The molecule has 8 nitrogen and oxygen atoms in total. The molecule has 0 bridgehead atoms. The molecule has 0 aliphatic rings. The van der Waals surface area contributed by atoms with Crippen LogP contribution in [0.3, 0.4) is 0 Å². The third kappa shape index (κ3) is 39.6. The average molecular weight is 731 g/mol. The van der Waals surface area contributed by atoms with Crippen molar-refractivity contribution in [3.8, 4) is 0 Å². The van der Waals surface area contributed by atoms with Crippen LogP contribution in [0.2, 0.25) is 0 Å². The molecular formula is C41H79O8P. The fraction of sp³-hybridized carbons (Fsp3) is 0.902. The topological polar surface area (TPSA) is 119 Å². The van der Waals surface area contributed by atoms with E-state index in [9.17, 15) is 14.2 Å². The molecule has 0 heterocycles. The second kappa shape index (κ2) is 37.5. The molecule has 0 saturated carbocycles. The highest BCUT2D eigenvalue weighted by atomic mass is 31.2. The van der Waals surface area contributed by atoms with Gasteiger partial charge in [-0.05, 0) is 38.5 Å². The lowest BCUT2D eigenvalue weighted by molar-refractivity contribution is -0.161. The first-order valence-electron chi connectivity index (χ1n) is 21.0. The highest BCUT2D eigenvalue weighted by molar-refractivity contribution is 7.46. The fourth-order valence-corrected chi connectivity index (χ4v) is 6.49. The van der Waals surface area contributed by atoms with Crippen molar-refractivity contribution < 1.29 is 37.9 Å². The van der Waals surface area contributed by atoms with E-state index in [2.05, 4.69) is 30.5 Å². The molecule has 0 fully saturated rings. The predicted octanol–water partition coefficient (Wildman–Crippen LogP) is 12.6. The average Bonchev–Trinajstić information content (AvgIpc) is 3.08. The van der Waals surface area contributed by atoms with Gasteiger partial charge in [0.25, 0.3) is 0 Å². The number of rotatable bonds is 39. The molecular weight excluding hydrogens is 651 g/mol. The summed E-state index contributed by atoms with van der Waals surface area (Å²) in [6.07, 6.45) is 40.7. The van der Waals surface area contributed by atoms with Crippen molar-refractivity contribution in [2.45, 2.75) is 225 Å². The largest absolute Gasteiger partial charge is 0.469 e. The number of unbranched alkanes of at least 4 members (excludes halogenated alkanes) is 27. The summed E-state index contributed by atoms with van der Waals surface area (Å²) in [5.74, 6) is -0.883. The standard InChI is InChI=1S/C41H79O8P/c1-3-5-7-9-11-13-15-17-19-21-23-25-27-29-31-33-35-40(42)47-37-39(38-48-50(44,45)46)49-41(43)36-34-32-30-28-26-24-22-20-18-16-14-12-10-8-6-4-2/h19,21,39H,3-18,20,22-38H2,1-2H3,(H2,44,45,46)/b21-19-/t39-/m1/s1. The molecule has 0 saturated heterocycles. The second-order valence-corrected chi connectivity index (χ2v) is 15.6. The van der Waals surface area contributed by atoms with E-state index < -0.39 is 32.5 Å². The van der Waals surface area contributed by atoms with Crippen LogP contribution in [0.5, 0.6) is 0 Å². The Bertz CT molecular complexity index is 827. The van der Waals surface area contributed by atoms with Gasteiger partial charge in [-0.25, -0.2) is 4.57 Å². The summed E-state index contributed by atoms with van der Waals surface area (Å²) in [6.45, 7) is 3.70. The maximum absolute atomic E-state index is 12.4. The zero-order chi connectivity index (χ0) is 36.8. The lowest BCUT2D eigenvalue weighted by Gasteiger charge is -2.18. The summed E-state index contributed by atoms with van der Waals surface area (Å²) >= 11 is 0. The van der Waals surface area contributed by atoms with E-state index in [0.717, 1.165) is 57.8 Å². The van der Waals surface area contributed by atoms with Gasteiger partial charge >= 0.3 is 19.8 Å². The quantitative estimate of drug-likeness (QED) is 0.0278. The van der Waals surface area contributed by atoms with Crippen LogP contribution in [0.4, 0.5) is 0 Å². The minimum atomic E-state index is -4.75. The maximum Gasteiger partial charge on any atom is 0.469 e. The van der Waals surface area contributed by atoms with E-state index in [0.29, 0.717) is 6.42 Å². The van der Waals surface area contributed by atoms with E-state index in [1.165, 1.54) is 128 Å². The lowest BCUT2D eigenvalue weighted by atomic mass is 10.0. The number of allylic oxidation sites excluding steroid dienone is 2. The summed E-state index contributed by atoms with van der Waals surface area (Å²) < 4.78 is 26.4. The molecule has 50 heavy (non-hydrogen) atoms. The first-order valence-corrected chi connectivity index (χ1v) is 22.5. The molecule has 0 aliphatic carbocycles. The molecule has 0 rings (SSSR count). The van der Waals surface area contributed by atoms with Crippen molar-refractivity contribution in [3.63, 3.8) is 0 Å². The van der Waals surface area contributed by atoms with Crippen LogP contribution in [0, 0.1) is 0 Å². The van der Waals surface area contributed by atoms with Crippen LogP contribution in [0.15, 0.2) is 12.2 Å². The normalized spacial score (nSPS) is 12.5. The molecule has 296 valence electrons. The minimum absolute atomic E-state index is 0.216. The number of phosphoric ester groups is 1. The maximum atomic E-state index is 12.4. The van der Waals surface area contributed by atoms with Crippen LogP contribution in [0.25, 0.3) is 0 Å². The zero-order valence-electron chi connectivity index (χ0n) is 32.6. The van der Waals surface area contributed by atoms with Crippen molar-refractivity contribution in [3.05, 3.63) is 12.2 Å². The van der Waals surface area contributed by atoms with Crippen molar-refractivity contribution in [2.75, 3.05) is 13.2 Å². The first kappa shape index (κ1) is 48.8. The van der Waals surface area contributed by atoms with Gasteiger partial charge < -0.3 is 19.3 Å².